The number of hydrogen-bond donors (Lipinski definition) is 2. The quantitative estimate of drug-likeness (QED) is 0.795. The molecule has 0 saturated carbocycles. The second-order valence-electron chi connectivity index (χ2n) is 6.15. The van der Waals surface area contributed by atoms with E-state index in [4.69, 9.17) is 0 Å². The molecule has 0 aliphatic carbocycles. The highest BCUT2D eigenvalue weighted by Gasteiger charge is 2.09. The summed E-state index contributed by atoms with van der Waals surface area (Å²) in [4.78, 5) is 28.1. The molecule has 1 aromatic carbocycles. The summed E-state index contributed by atoms with van der Waals surface area (Å²) in [6.45, 7) is 6.59. The average molecular weight is 339 g/mol. The Morgan fingerprint density at radius 3 is 2.56 bits per heavy atom. The number of nitrogens with one attached hydrogen (secondary N) is 2. The summed E-state index contributed by atoms with van der Waals surface area (Å²) in [5.41, 5.74) is 5.76. The Labute approximate surface area is 148 Å². The van der Waals surface area contributed by atoms with Crippen LogP contribution in [0.1, 0.15) is 40.0 Å². The molecule has 2 rings (SSSR count). The molecule has 1 heterocycles. The lowest BCUT2D eigenvalue weighted by atomic mass is 10.0. The standard InChI is InChI=1S/C20H25N3O2/c1-13-11-18(23-15(3)14(13)2)16-7-5-8-17(12-16)20(25)22-10-6-9-19(24)21-4/h5,7-8,11-12H,6,9-10H2,1-4H3,(H,21,24)(H,22,25). The molecule has 0 bridgehead atoms. The van der Waals surface area contributed by atoms with Gasteiger partial charge in [0.05, 0.1) is 5.69 Å². The van der Waals surface area contributed by atoms with Crippen LogP contribution in [0.2, 0.25) is 0 Å². The molecule has 0 aliphatic rings. The van der Waals surface area contributed by atoms with Crippen molar-refractivity contribution in [2.24, 2.45) is 0 Å². The van der Waals surface area contributed by atoms with Gasteiger partial charge in [0.15, 0.2) is 0 Å². The summed E-state index contributed by atoms with van der Waals surface area (Å²) in [6.07, 6.45) is 1.02. The Morgan fingerprint density at radius 2 is 1.88 bits per heavy atom. The highest BCUT2D eigenvalue weighted by atomic mass is 16.2. The lowest BCUT2D eigenvalue weighted by Gasteiger charge is -2.10. The smallest absolute Gasteiger partial charge is 0.251 e. The van der Waals surface area contributed by atoms with Gasteiger partial charge in [-0.2, -0.15) is 0 Å². The maximum atomic E-state index is 12.3. The van der Waals surface area contributed by atoms with Gasteiger partial charge in [0.2, 0.25) is 5.91 Å². The average Bonchev–Trinajstić information content (AvgIpc) is 2.62. The summed E-state index contributed by atoms with van der Waals surface area (Å²) in [5.74, 6) is -0.160. The molecular formula is C20H25N3O2. The number of nitrogens with zero attached hydrogens (tertiary/aromatic N) is 1. The zero-order valence-corrected chi connectivity index (χ0v) is 15.3. The molecule has 25 heavy (non-hydrogen) atoms. The molecule has 5 heteroatoms. The van der Waals surface area contributed by atoms with Crippen LogP contribution < -0.4 is 10.6 Å². The van der Waals surface area contributed by atoms with Crippen molar-refractivity contribution >= 4 is 11.8 Å². The van der Waals surface area contributed by atoms with E-state index in [-0.39, 0.29) is 11.8 Å². The molecule has 5 nitrogen and oxygen atoms in total. The minimum atomic E-state index is -0.140. The monoisotopic (exact) mass is 339 g/mol. The van der Waals surface area contributed by atoms with Crippen LogP contribution in [-0.2, 0) is 4.79 Å². The van der Waals surface area contributed by atoms with Gasteiger partial charge in [-0.1, -0.05) is 12.1 Å². The Hall–Kier alpha value is -2.69. The predicted octanol–water partition coefficient (Wildman–Crippen LogP) is 2.93. The normalized spacial score (nSPS) is 10.4. The molecule has 0 fully saturated rings. The van der Waals surface area contributed by atoms with Crippen LogP contribution in [0.5, 0.6) is 0 Å². The van der Waals surface area contributed by atoms with Gasteiger partial charge in [-0.25, -0.2) is 0 Å². The second-order valence-corrected chi connectivity index (χ2v) is 6.15. The van der Waals surface area contributed by atoms with E-state index in [0.717, 1.165) is 17.0 Å². The maximum absolute atomic E-state index is 12.3. The number of pyridine rings is 1. The van der Waals surface area contributed by atoms with Crippen molar-refractivity contribution in [3.05, 3.63) is 52.7 Å². The van der Waals surface area contributed by atoms with Crippen LogP contribution in [0.4, 0.5) is 0 Å². The summed E-state index contributed by atoms with van der Waals surface area (Å²) in [6, 6.07) is 9.50. The first-order chi connectivity index (χ1) is 11.9. The van der Waals surface area contributed by atoms with Gasteiger partial charge >= 0.3 is 0 Å². The van der Waals surface area contributed by atoms with Gasteiger partial charge in [0.25, 0.3) is 5.91 Å². The minimum absolute atomic E-state index is 0.0209. The number of aryl methyl sites for hydroxylation is 2. The molecule has 0 atom stereocenters. The maximum Gasteiger partial charge on any atom is 0.251 e. The molecule has 0 saturated heterocycles. The lowest BCUT2D eigenvalue weighted by Crippen LogP contribution is -2.26. The van der Waals surface area contributed by atoms with Crippen molar-refractivity contribution in [2.45, 2.75) is 33.6 Å². The predicted molar refractivity (Wildman–Crippen MR) is 99.5 cm³/mol. The van der Waals surface area contributed by atoms with E-state index in [2.05, 4.69) is 29.5 Å². The van der Waals surface area contributed by atoms with Crippen molar-refractivity contribution in [3.63, 3.8) is 0 Å². The Kier molecular flexibility index (Phi) is 6.28. The van der Waals surface area contributed by atoms with Gasteiger partial charge in [0, 0.05) is 36.8 Å². The fourth-order valence-corrected chi connectivity index (χ4v) is 2.54. The molecule has 2 N–H and O–H groups in total. The van der Waals surface area contributed by atoms with E-state index >= 15 is 0 Å². The van der Waals surface area contributed by atoms with E-state index in [1.54, 1.807) is 13.1 Å². The van der Waals surface area contributed by atoms with Crippen LogP contribution in [0, 0.1) is 20.8 Å². The fourth-order valence-electron chi connectivity index (χ4n) is 2.54. The molecule has 2 aromatic rings. The number of carbonyl (C=O) groups excluding carboxylic acids is 2. The summed E-state index contributed by atoms with van der Waals surface area (Å²) >= 11 is 0. The van der Waals surface area contributed by atoms with Gasteiger partial charge in [-0.05, 0) is 56.5 Å². The first kappa shape index (κ1) is 18.6. The fraction of sp³-hybridized carbons (Fsp3) is 0.350. The third-order valence-corrected chi connectivity index (χ3v) is 4.34. The van der Waals surface area contributed by atoms with Crippen molar-refractivity contribution in [2.75, 3.05) is 13.6 Å². The number of hydrogen-bond acceptors (Lipinski definition) is 3. The van der Waals surface area contributed by atoms with Crippen molar-refractivity contribution in [1.29, 1.82) is 0 Å². The Morgan fingerprint density at radius 1 is 1.12 bits per heavy atom. The van der Waals surface area contributed by atoms with E-state index in [0.29, 0.717) is 24.9 Å². The SMILES string of the molecule is CNC(=O)CCCNC(=O)c1cccc(-c2cc(C)c(C)c(C)n2)c1. The van der Waals surface area contributed by atoms with E-state index < -0.39 is 0 Å². The third-order valence-electron chi connectivity index (χ3n) is 4.34. The summed E-state index contributed by atoms with van der Waals surface area (Å²) in [5, 5.41) is 5.41. The van der Waals surface area contributed by atoms with Gasteiger partial charge in [-0.3, -0.25) is 14.6 Å². The highest BCUT2D eigenvalue weighted by molar-refractivity contribution is 5.95. The Bertz CT molecular complexity index is 761. The largest absolute Gasteiger partial charge is 0.359 e. The molecule has 132 valence electrons. The van der Waals surface area contributed by atoms with Crippen molar-refractivity contribution in [1.82, 2.24) is 15.6 Å². The van der Waals surface area contributed by atoms with Gasteiger partial charge < -0.3 is 10.6 Å². The van der Waals surface area contributed by atoms with E-state index in [1.807, 2.05) is 31.2 Å². The molecule has 1 aromatic heterocycles. The van der Waals surface area contributed by atoms with Crippen LogP contribution in [-0.4, -0.2) is 30.4 Å². The number of benzene rings is 1. The first-order valence-corrected chi connectivity index (χ1v) is 8.46. The molecule has 0 aliphatic heterocycles. The molecule has 2 amide bonds. The van der Waals surface area contributed by atoms with Crippen molar-refractivity contribution in [3.8, 4) is 11.3 Å². The Balaban J connectivity index is 2.08. The lowest BCUT2D eigenvalue weighted by molar-refractivity contribution is -0.120. The van der Waals surface area contributed by atoms with Crippen LogP contribution in [0.3, 0.4) is 0 Å². The van der Waals surface area contributed by atoms with Crippen molar-refractivity contribution < 1.29 is 9.59 Å². The van der Waals surface area contributed by atoms with Crippen LogP contribution in [0.25, 0.3) is 11.3 Å². The zero-order valence-electron chi connectivity index (χ0n) is 15.3. The van der Waals surface area contributed by atoms with Crippen LogP contribution in [0.15, 0.2) is 30.3 Å². The number of aromatic nitrogens is 1. The topological polar surface area (TPSA) is 71.1 Å². The van der Waals surface area contributed by atoms with E-state index in [1.165, 1.54) is 11.1 Å². The molecule has 0 radical (unpaired) electrons. The van der Waals surface area contributed by atoms with Gasteiger partial charge in [0.1, 0.15) is 0 Å². The van der Waals surface area contributed by atoms with Crippen LogP contribution >= 0.6 is 0 Å². The highest BCUT2D eigenvalue weighted by Crippen LogP contribution is 2.22. The number of rotatable bonds is 6. The minimum Gasteiger partial charge on any atom is -0.359 e. The molecular weight excluding hydrogens is 314 g/mol. The molecule has 0 spiro atoms. The zero-order chi connectivity index (χ0) is 18.4. The first-order valence-electron chi connectivity index (χ1n) is 8.46. The molecule has 0 unspecified atom stereocenters. The second kappa shape index (κ2) is 8.42. The summed E-state index contributed by atoms with van der Waals surface area (Å²) < 4.78 is 0. The van der Waals surface area contributed by atoms with Gasteiger partial charge in [-0.15, -0.1) is 0 Å². The third kappa shape index (κ3) is 4.89. The number of carbonyl (C=O) groups is 2. The number of amides is 2. The summed E-state index contributed by atoms with van der Waals surface area (Å²) in [7, 11) is 1.61. The van der Waals surface area contributed by atoms with E-state index in [9.17, 15) is 9.59 Å².